The molecule has 1 aromatic rings. The number of benzene rings is 1. The summed E-state index contributed by atoms with van der Waals surface area (Å²) in [6, 6.07) is 5.68. The lowest BCUT2D eigenvalue weighted by Crippen LogP contribution is -2.30. The van der Waals surface area contributed by atoms with Crippen LogP contribution in [0.25, 0.3) is 0 Å². The Kier molecular flexibility index (Phi) is 4.42. The van der Waals surface area contributed by atoms with Crippen molar-refractivity contribution >= 4 is 16.0 Å². The molecular formula is C13H17NO5S. The number of hydrogen-bond donors (Lipinski definition) is 1. The first-order valence-corrected chi connectivity index (χ1v) is 7.72. The largest absolute Gasteiger partial charge is 0.478 e. The van der Waals surface area contributed by atoms with Crippen LogP contribution in [-0.2, 0) is 14.8 Å². The minimum absolute atomic E-state index is 0.148. The van der Waals surface area contributed by atoms with Gasteiger partial charge in [-0.1, -0.05) is 12.1 Å². The molecule has 110 valence electrons. The smallest absolute Gasteiger partial charge is 0.337 e. The van der Waals surface area contributed by atoms with Crippen LogP contribution in [0.2, 0.25) is 0 Å². The molecule has 1 unspecified atom stereocenters. The first-order chi connectivity index (χ1) is 9.46. The van der Waals surface area contributed by atoms with E-state index in [0.717, 1.165) is 6.42 Å². The second-order valence-electron chi connectivity index (χ2n) is 4.77. The molecule has 1 heterocycles. The monoisotopic (exact) mass is 299 g/mol. The second-order valence-corrected chi connectivity index (χ2v) is 6.68. The lowest BCUT2D eigenvalue weighted by molar-refractivity contribution is 0.0692. The number of carboxylic acid groups (broad SMARTS) is 1. The first-order valence-electron chi connectivity index (χ1n) is 6.28. The van der Waals surface area contributed by atoms with E-state index in [9.17, 15) is 13.2 Å². The van der Waals surface area contributed by atoms with Gasteiger partial charge in [-0.05, 0) is 24.5 Å². The number of ether oxygens (including phenoxy) is 1. The maximum Gasteiger partial charge on any atom is 0.337 e. The highest BCUT2D eigenvalue weighted by molar-refractivity contribution is 7.89. The average molecular weight is 299 g/mol. The highest BCUT2D eigenvalue weighted by Gasteiger charge is 2.34. The predicted octanol–water partition coefficient (Wildman–Crippen LogP) is 1.04. The summed E-state index contributed by atoms with van der Waals surface area (Å²) in [4.78, 5) is 11.0. The fraction of sp³-hybridized carbons (Fsp3) is 0.462. The van der Waals surface area contributed by atoms with Crippen molar-refractivity contribution in [3.05, 3.63) is 29.8 Å². The number of sulfonamides is 1. The summed E-state index contributed by atoms with van der Waals surface area (Å²) in [5.74, 6) is -1.08. The Labute approximate surface area is 118 Å². The van der Waals surface area contributed by atoms with E-state index in [0.29, 0.717) is 19.7 Å². The molecule has 0 spiro atoms. The van der Waals surface area contributed by atoms with Crippen molar-refractivity contribution < 1.29 is 23.1 Å². The SMILES string of the molecule is COCC1CCN(S(=O)(=O)c2ccccc2C(=O)O)C1. The zero-order chi connectivity index (χ0) is 14.8. The maximum atomic E-state index is 12.5. The van der Waals surface area contributed by atoms with E-state index in [4.69, 9.17) is 9.84 Å². The van der Waals surface area contributed by atoms with Gasteiger partial charge in [0.05, 0.1) is 17.1 Å². The molecule has 1 aliphatic rings. The molecule has 20 heavy (non-hydrogen) atoms. The third-order valence-electron chi connectivity index (χ3n) is 3.39. The Bertz CT molecular complexity index is 599. The van der Waals surface area contributed by atoms with E-state index in [2.05, 4.69) is 0 Å². The minimum atomic E-state index is -3.77. The van der Waals surface area contributed by atoms with Gasteiger partial charge in [-0.3, -0.25) is 0 Å². The number of methoxy groups -OCH3 is 1. The van der Waals surface area contributed by atoms with E-state index in [-0.39, 0.29) is 16.4 Å². The average Bonchev–Trinajstić information content (AvgIpc) is 2.88. The lowest BCUT2D eigenvalue weighted by atomic mass is 10.1. The Morgan fingerprint density at radius 2 is 2.15 bits per heavy atom. The van der Waals surface area contributed by atoms with Crippen LogP contribution in [0.3, 0.4) is 0 Å². The third kappa shape index (κ3) is 2.84. The van der Waals surface area contributed by atoms with E-state index in [1.54, 1.807) is 7.11 Å². The Morgan fingerprint density at radius 3 is 2.80 bits per heavy atom. The van der Waals surface area contributed by atoms with Crippen molar-refractivity contribution in [1.82, 2.24) is 4.31 Å². The van der Waals surface area contributed by atoms with Crippen LogP contribution in [0.4, 0.5) is 0 Å². The van der Waals surface area contributed by atoms with E-state index >= 15 is 0 Å². The fourth-order valence-corrected chi connectivity index (χ4v) is 4.11. The topological polar surface area (TPSA) is 83.9 Å². The summed E-state index contributed by atoms with van der Waals surface area (Å²) in [5, 5.41) is 9.11. The zero-order valence-corrected chi connectivity index (χ0v) is 12.0. The normalized spacial score (nSPS) is 20.1. The van der Waals surface area contributed by atoms with Crippen LogP contribution in [0.15, 0.2) is 29.2 Å². The molecular weight excluding hydrogens is 282 g/mol. The molecule has 0 saturated carbocycles. The maximum absolute atomic E-state index is 12.5. The molecule has 6 nitrogen and oxygen atoms in total. The molecule has 1 saturated heterocycles. The van der Waals surface area contributed by atoms with Gasteiger partial charge in [0.15, 0.2) is 0 Å². The summed E-state index contributed by atoms with van der Waals surface area (Å²) in [5.41, 5.74) is -0.192. The van der Waals surface area contributed by atoms with Crippen molar-refractivity contribution in [2.45, 2.75) is 11.3 Å². The van der Waals surface area contributed by atoms with Crippen LogP contribution in [0, 0.1) is 5.92 Å². The zero-order valence-electron chi connectivity index (χ0n) is 11.2. The van der Waals surface area contributed by atoms with Gasteiger partial charge in [0.25, 0.3) is 0 Å². The first kappa shape index (κ1) is 15.0. The van der Waals surface area contributed by atoms with Crippen LogP contribution in [-0.4, -0.2) is 50.6 Å². The number of hydrogen-bond acceptors (Lipinski definition) is 4. The van der Waals surface area contributed by atoms with Gasteiger partial charge in [-0.15, -0.1) is 0 Å². The number of rotatable bonds is 5. The highest BCUT2D eigenvalue weighted by atomic mass is 32.2. The summed E-state index contributed by atoms with van der Waals surface area (Å²) >= 11 is 0. The van der Waals surface area contributed by atoms with Crippen molar-refractivity contribution in [3.8, 4) is 0 Å². The van der Waals surface area contributed by atoms with E-state index in [1.807, 2.05) is 0 Å². The standard InChI is InChI=1S/C13H17NO5S/c1-19-9-10-6-7-14(8-10)20(17,18)12-5-3-2-4-11(12)13(15)16/h2-5,10H,6-9H2,1H3,(H,15,16). The Balaban J connectivity index is 2.30. The fourth-order valence-electron chi connectivity index (χ4n) is 2.39. The molecule has 1 fully saturated rings. The van der Waals surface area contributed by atoms with Gasteiger partial charge in [-0.25, -0.2) is 13.2 Å². The summed E-state index contributed by atoms with van der Waals surface area (Å²) in [6.07, 6.45) is 0.725. The quantitative estimate of drug-likeness (QED) is 0.878. The van der Waals surface area contributed by atoms with Crippen LogP contribution < -0.4 is 0 Å². The van der Waals surface area contributed by atoms with Gasteiger partial charge >= 0.3 is 5.97 Å². The third-order valence-corrected chi connectivity index (χ3v) is 5.31. The molecule has 1 atom stereocenters. The van der Waals surface area contributed by atoms with Crippen LogP contribution in [0.5, 0.6) is 0 Å². The number of carboxylic acids is 1. The molecule has 7 heteroatoms. The minimum Gasteiger partial charge on any atom is -0.478 e. The molecule has 1 N–H and O–H groups in total. The molecule has 2 rings (SSSR count). The Hall–Kier alpha value is -1.44. The van der Waals surface area contributed by atoms with Gasteiger partial charge in [0.2, 0.25) is 10.0 Å². The molecule has 1 aliphatic heterocycles. The molecule has 0 bridgehead atoms. The number of carbonyl (C=O) groups is 1. The van der Waals surface area contributed by atoms with Crippen molar-refractivity contribution in [2.75, 3.05) is 26.8 Å². The molecule has 0 aromatic heterocycles. The summed E-state index contributed by atoms with van der Waals surface area (Å²) in [7, 11) is -2.19. The van der Waals surface area contributed by atoms with Gasteiger partial charge < -0.3 is 9.84 Å². The highest BCUT2D eigenvalue weighted by Crippen LogP contribution is 2.26. The lowest BCUT2D eigenvalue weighted by Gasteiger charge is -2.17. The predicted molar refractivity (Wildman–Crippen MR) is 72.1 cm³/mol. The second kappa shape index (κ2) is 5.90. The summed E-state index contributed by atoms with van der Waals surface area (Å²) in [6.45, 7) is 1.26. The molecule has 0 amide bonds. The van der Waals surface area contributed by atoms with Crippen molar-refractivity contribution in [3.63, 3.8) is 0 Å². The van der Waals surface area contributed by atoms with Gasteiger partial charge in [-0.2, -0.15) is 4.31 Å². The van der Waals surface area contributed by atoms with Crippen LogP contribution in [0.1, 0.15) is 16.8 Å². The van der Waals surface area contributed by atoms with E-state index in [1.165, 1.54) is 28.6 Å². The summed E-state index contributed by atoms with van der Waals surface area (Å²) < 4.78 is 31.4. The molecule has 1 aromatic carbocycles. The molecule has 0 radical (unpaired) electrons. The Morgan fingerprint density at radius 1 is 1.45 bits per heavy atom. The number of aromatic carboxylic acids is 1. The van der Waals surface area contributed by atoms with E-state index < -0.39 is 16.0 Å². The van der Waals surface area contributed by atoms with Crippen LogP contribution >= 0.6 is 0 Å². The molecule has 0 aliphatic carbocycles. The van der Waals surface area contributed by atoms with Crippen molar-refractivity contribution in [1.29, 1.82) is 0 Å². The van der Waals surface area contributed by atoms with Crippen molar-refractivity contribution in [2.24, 2.45) is 5.92 Å². The number of nitrogens with zero attached hydrogens (tertiary/aromatic N) is 1. The van der Waals surface area contributed by atoms with Gasteiger partial charge in [0.1, 0.15) is 0 Å². The van der Waals surface area contributed by atoms with Gasteiger partial charge in [0, 0.05) is 20.2 Å².